The predicted octanol–water partition coefficient (Wildman–Crippen LogP) is 2.49. The molecule has 1 fully saturated rings. The van der Waals surface area contributed by atoms with Gasteiger partial charge in [-0.2, -0.15) is 0 Å². The summed E-state index contributed by atoms with van der Waals surface area (Å²) in [6.45, 7) is 5.90. The Hall–Kier alpha value is -0.570. The maximum Gasteiger partial charge on any atom is 0.311 e. The number of rotatable bonds is 3. The van der Waals surface area contributed by atoms with Gasteiger partial charge < -0.3 is 9.47 Å². The Morgan fingerprint density at radius 2 is 1.86 bits per heavy atom. The summed E-state index contributed by atoms with van der Waals surface area (Å²) in [5.74, 6) is 0.0327. The van der Waals surface area contributed by atoms with Crippen LogP contribution in [0.3, 0.4) is 0 Å². The van der Waals surface area contributed by atoms with Crippen LogP contribution in [0.5, 0.6) is 0 Å². The molecule has 1 rings (SSSR count). The van der Waals surface area contributed by atoms with Crippen LogP contribution in [-0.2, 0) is 14.3 Å². The van der Waals surface area contributed by atoms with Gasteiger partial charge >= 0.3 is 5.97 Å². The molecule has 0 heterocycles. The molecule has 0 aliphatic heterocycles. The minimum Gasteiger partial charge on any atom is -0.438 e. The van der Waals surface area contributed by atoms with Crippen LogP contribution in [0, 0.1) is 5.92 Å². The summed E-state index contributed by atoms with van der Waals surface area (Å²) >= 11 is 0. The SMILES string of the molecule is CC(C)(C)OCOC(=O)C1CCCC1. The van der Waals surface area contributed by atoms with Crippen LogP contribution >= 0.6 is 0 Å². The number of hydrogen-bond donors (Lipinski definition) is 0. The molecule has 3 nitrogen and oxygen atoms in total. The minimum atomic E-state index is -0.240. The molecule has 1 aliphatic carbocycles. The zero-order chi connectivity index (χ0) is 10.6. The lowest BCUT2D eigenvalue weighted by molar-refractivity contribution is -0.171. The molecule has 0 saturated heterocycles. The number of hydrogen-bond acceptors (Lipinski definition) is 3. The van der Waals surface area contributed by atoms with E-state index in [-0.39, 0.29) is 24.3 Å². The van der Waals surface area contributed by atoms with Gasteiger partial charge in [0.15, 0.2) is 6.79 Å². The quantitative estimate of drug-likeness (QED) is 0.518. The van der Waals surface area contributed by atoms with E-state index in [1.807, 2.05) is 20.8 Å². The number of ether oxygens (including phenoxy) is 2. The number of esters is 1. The highest BCUT2D eigenvalue weighted by Gasteiger charge is 2.24. The molecule has 0 aromatic carbocycles. The standard InChI is InChI=1S/C11H20O3/c1-11(2,3)14-8-13-10(12)9-6-4-5-7-9/h9H,4-8H2,1-3H3. The maximum atomic E-state index is 11.4. The molecule has 0 amide bonds. The van der Waals surface area contributed by atoms with Gasteiger partial charge in [-0.3, -0.25) is 4.79 Å². The molecule has 1 saturated carbocycles. The molecular weight excluding hydrogens is 180 g/mol. The van der Waals surface area contributed by atoms with E-state index in [0.29, 0.717) is 0 Å². The van der Waals surface area contributed by atoms with Gasteiger partial charge in [-0.15, -0.1) is 0 Å². The Morgan fingerprint density at radius 1 is 1.29 bits per heavy atom. The lowest BCUT2D eigenvalue weighted by Gasteiger charge is -2.19. The van der Waals surface area contributed by atoms with E-state index in [2.05, 4.69) is 0 Å². The molecule has 3 heteroatoms. The average molecular weight is 200 g/mol. The molecule has 0 unspecified atom stereocenters. The molecule has 82 valence electrons. The van der Waals surface area contributed by atoms with Crippen molar-refractivity contribution >= 4 is 5.97 Å². The zero-order valence-corrected chi connectivity index (χ0v) is 9.34. The fourth-order valence-electron chi connectivity index (χ4n) is 1.54. The topological polar surface area (TPSA) is 35.5 Å². The van der Waals surface area contributed by atoms with E-state index in [1.165, 1.54) is 0 Å². The second kappa shape index (κ2) is 4.78. The van der Waals surface area contributed by atoms with Gasteiger partial charge in [-0.05, 0) is 33.6 Å². The molecule has 0 atom stereocenters. The minimum absolute atomic E-state index is 0.0822. The van der Waals surface area contributed by atoms with Crippen LogP contribution in [-0.4, -0.2) is 18.4 Å². The first-order valence-corrected chi connectivity index (χ1v) is 5.29. The summed E-state index contributed by atoms with van der Waals surface area (Å²) in [7, 11) is 0. The average Bonchev–Trinajstić information content (AvgIpc) is 2.53. The van der Waals surface area contributed by atoms with Crippen LogP contribution in [0.4, 0.5) is 0 Å². The Bertz CT molecular complexity index is 187. The van der Waals surface area contributed by atoms with Crippen molar-refractivity contribution in [1.82, 2.24) is 0 Å². The monoisotopic (exact) mass is 200 g/mol. The van der Waals surface area contributed by atoms with Gasteiger partial charge in [-0.1, -0.05) is 12.8 Å². The van der Waals surface area contributed by atoms with Crippen molar-refractivity contribution in [2.75, 3.05) is 6.79 Å². The second-order valence-corrected chi connectivity index (χ2v) is 4.82. The molecule has 1 aliphatic rings. The maximum absolute atomic E-state index is 11.4. The first kappa shape index (κ1) is 11.5. The van der Waals surface area contributed by atoms with Gasteiger partial charge in [0, 0.05) is 0 Å². The molecule has 14 heavy (non-hydrogen) atoms. The van der Waals surface area contributed by atoms with Crippen molar-refractivity contribution in [1.29, 1.82) is 0 Å². The highest BCUT2D eigenvalue weighted by Crippen LogP contribution is 2.25. The first-order chi connectivity index (χ1) is 6.49. The summed E-state index contributed by atoms with van der Waals surface area (Å²) in [5.41, 5.74) is -0.240. The van der Waals surface area contributed by atoms with Crippen molar-refractivity contribution in [2.24, 2.45) is 5.92 Å². The molecule has 0 aromatic heterocycles. The van der Waals surface area contributed by atoms with Crippen molar-refractivity contribution in [3.63, 3.8) is 0 Å². The second-order valence-electron chi connectivity index (χ2n) is 4.82. The Morgan fingerprint density at radius 3 is 2.36 bits per heavy atom. The van der Waals surface area contributed by atoms with Gasteiger partial charge in [0.1, 0.15) is 0 Å². The summed E-state index contributed by atoms with van der Waals surface area (Å²) in [6, 6.07) is 0. The molecular formula is C11H20O3. The predicted molar refractivity (Wildman–Crippen MR) is 53.8 cm³/mol. The Kier molecular flexibility index (Phi) is 3.93. The van der Waals surface area contributed by atoms with Crippen LogP contribution < -0.4 is 0 Å². The van der Waals surface area contributed by atoms with E-state index < -0.39 is 0 Å². The lowest BCUT2D eigenvalue weighted by Crippen LogP contribution is -2.24. The molecule has 0 aromatic rings. The third-order valence-corrected chi connectivity index (χ3v) is 2.38. The molecule has 0 N–H and O–H groups in total. The first-order valence-electron chi connectivity index (χ1n) is 5.29. The van der Waals surface area contributed by atoms with Gasteiger partial charge in [0.2, 0.25) is 0 Å². The summed E-state index contributed by atoms with van der Waals surface area (Å²) in [4.78, 5) is 11.4. The third kappa shape index (κ3) is 4.09. The lowest BCUT2D eigenvalue weighted by atomic mass is 10.1. The Labute approximate surface area is 85.8 Å². The number of carbonyl (C=O) groups excluding carboxylic acids is 1. The van der Waals surface area contributed by atoms with Gasteiger partial charge in [0.05, 0.1) is 11.5 Å². The van der Waals surface area contributed by atoms with Crippen molar-refractivity contribution in [3.05, 3.63) is 0 Å². The van der Waals surface area contributed by atoms with Crippen molar-refractivity contribution < 1.29 is 14.3 Å². The van der Waals surface area contributed by atoms with E-state index in [1.54, 1.807) is 0 Å². The zero-order valence-electron chi connectivity index (χ0n) is 9.34. The van der Waals surface area contributed by atoms with Crippen molar-refractivity contribution in [2.45, 2.75) is 52.1 Å². The molecule has 0 bridgehead atoms. The normalized spacial score (nSPS) is 18.5. The fourth-order valence-corrected chi connectivity index (χ4v) is 1.54. The highest BCUT2D eigenvalue weighted by molar-refractivity contribution is 5.72. The van der Waals surface area contributed by atoms with E-state index in [4.69, 9.17) is 9.47 Å². The van der Waals surface area contributed by atoms with E-state index in [9.17, 15) is 4.79 Å². The summed E-state index contributed by atoms with van der Waals surface area (Å²) < 4.78 is 10.4. The van der Waals surface area contributed by atoms with Gasteiger partial charge in [-0.25, -0.2) is 0 Å². The van der Waals surface area contributed by atoms with Crippen LogP contribution in [0.1, 0.15) is 46.5 Å². The van der Waals surface area contributed by atoms with Gasteiger partial charge in [0.25, 0.3) is 0 Å². The molecule has 0 spiro atoms. The van der Waals surface area contributed by atoms with Crippen LogP contribution in [0.25, 0.3) is 0 Å². The Balaban J connectivity index is 2.15. The fraction of sp³-hybridized carbons (Fsp3) is 0.909. The third-order valence-electron chi connectivity index (χ3n) is 2.38. The van der Waals surface area contributed by atoms with E-state index >= 15 is 0 Å². The number of carbonyl (C=O) groups is 1. The van der Waals surface area contributed by atoms with Crippen LogP contribution in [0.2, 0.25) is 0 Å². The largest absolute Gasteiger partial charge is 0.438 e. The van der Waals surface area contributed by atoms with E-state index in [0.717, 1.165) is 25.7 Å². The van der Waals surface area contributed by atoms with Crippen LogP contribution in [0.15, 0.2) is 0 Å². The summed E-state index contributed by atoms with van der Waals surface area (Å²) in [6.07, 6.45) is 4.27. The van der Waals surface area contributed by atoms with Crippen molar-refractivity contribution in [3.8, 4) is 0 Å². The molecule has 0 radical (unpaired) electrons. The summed E-state index contributed by atoms with van der Waals surface area (Å²) in [5, 5.41) is 0. The smallest absolute Gasteiger partial charge is 0.311 e. The highest BCUT2D eigenvalue weighted by atomic mass is 16.7.